The first kappa shape index (κ1) is 38.6. The van der Waals surface area contributed by atoms with E-state index in [-0.39, 0.29) is 24.5 Å². The van der Waals surface area contributed by atoms with E-state index in [9.17, 15) is 14.4 Å². The molecule has 1 amide bonds. The first-order valence-corrected chi connectivity index (χ1v) is 16.6. The SMILES string of the molecule is CCCCC/C=C\C/C=C\C(CCCCCCC(=O)NCC(=O)O)OC(=O)CCCCCCC/C=C\CCCCC. The van der Waals surface area contributed by atoms with Gasteiger partial charge in [0.1, 0.15) is 12.6 Å². The highest BCUT2D eigenvalue weighted by atomic mass is 16.5. The van der Waals surface area contributed by atoms with Crippen LogP contribution in [0.4, 0.5) is 0 Å². The molecule has 0 fully saturated rings. The number of carboxylic acid groups (broad SMARTS) is 1. The number of carbonyl (C=O) groups excluding carboxylic acids is 2. The number of carbonyl (C=O) groups is 3. The van der Waals surface area contributed by atoms with E-state index < -0.39 is 5.97 Å². The Bertz CT molecular complexity index is 728. The monoisotopic (exact) mass is 575 g/mol. The van der Waals surface area contributed by atoms with Gasteiger partial charge in [-0.3, -0.25) is 14.4 Å². The largest absolute Gasteiger partial charge is 0.480 e. The second kappa shape index (κ2) is 30.6. The zero-order valence-electron chi connectivity index (χ0n) is 26.4. The Labute approximate surface area is 251 Å². The number of amides is 1. The summed E-state index contributed by atoms with van der Waals surface area (Å²) in [5, 5.41) is 11.0. The molecule has 0 heterocycles. The summed E-state index contributed by atoms with van der Waals surface area (Å²) in [5.74, 6) is -1.37. The van der Waals surface area contributed by atoms with E-state index in [1.54, 1.807) is 0 Å². The molecule has 0 radical (unpaired) electrons. The van der Waals surface area contributed by atoms with Crippen LogP contribution in [-0.2, 0) is 19.1 Å². The molecular formula is C35H61NO5. The Morgan fingerprint density at radius 1 is 0.659 bits per heavy atom. The number of carboxylic acids is 1. The summed E-state index contributed by atoms with van der Waals surface area (Å²) in [6.07, 6.45) is 35.6. The van der Waals surface area contributed by atoms with Gasteiger partial charge >= 0.3 is 11.9 Å². The predicted molar refractivity (Wildman–Crippen MR) is 171 cm³/mol. The molecule has 0 aliphatic carbocycles. The molecule has 0 aromatic heterocycles. The third-order valence-electron chi connectivity index (χ3n) is 7.02. The smallest absolute Gasteiger partial charge is 0.322 e. The van der Waals surface area contributed by atoms with Crippen LogP contribution in [-0.4, -0.2) is 35.6 Å². The maximum absolute atomic E-state index is 12.5. The van der Waals surface area contributed by atoms with Gasteiger partial charge in [-0.1, -0.05) is 102 Å². The van der Waals surface area contributed by atoms with Gasteiger partial charge in [-0.25, -0.2) is 0 Å². The predicted octanol–water partition coefficient (Wildman–Crippen LogP) is 9.39. The summed E-state index contributed by atoms with van der Waals surface area (Å²) in [5.41, 5.74) is 0. The lowest BCUT2D eigenvalue weighted by molar-refractivity contribution is -0.147. The van der Waals surface area contributed by atoms with Crippen LogP contribution in [0.1, 0.15) is 155 Å². The number of ether oxygens (including phenoxy) is 1. The molecule has 0 rings (SSSR count). The normalized spacial score (nSPS) is 12.4. The summed E-state index contributed by atoms with van der Waals surface area (Å²) in [4.78, 5) is 34.7. The fourth-order valence-corrected chi connectivity index (χ4v) is 4.51. The van der Waals surface area contributed by atoms with E-state index in [4.69, 9.17) is 9.84 Å². The number of esters is 1. The van der Waals surface area contributed by atoms with Gasteiger partial charge in [0.05, 0.1) is 0 Å². The minimum Gasteiger partial charge on any atom is -0.480 e. The van der Waals surface area contributed by atoms with Crippen molar-refractivity contribution in [2.24, 2.45) is 0 Å². The lowest BCUT2D eigenvalue weighted by Gasteiger charge is -2.14. The van der Waals surface area contributed by atoms with Crippen LogP contribution < -0.4 is 5.32 Å². The van der Waals surface area contributed by atoms with Crippen molar-refractivity contribution in [2.75, 3.05) is 6.54 Å². The number of unbranched alkanes of at least 4 members (excludes halogenated alkanes) is 14. The van der Waals surface area contributed by atoms with Crippen molar-refractivity contribution < 1.29 is 24.2 Å². The van der Waals surface area contributed by atoms with Gasteiger partial charge in [0.15, 0.2) is 0 Å². The molecule has 6 nitrogen and oxygen atoms in total. The molecule has 0 aliphatic rings. The lowest BCUT2D eigenvalue weighted by atomic mass is 10.1. The molecule has 0 bridgehead atoms. The minimum absolute atomic E-state index is 0.111. The number of nitrogens with one attached hydrogen (secondary N) is 1. The standard InChI is InChI=1S/C35H61NO5/c1-3-5-7-9-11-13-14-15-16-18-20-26-30-35(40)41-32(27-23-19-17-12-10-8-6-4-2)28-24-21-22-25-29-33(37)36-31-34(38)39/h11-13,17,23,27,32H,3-10,14-16,18-22,24-26,28-31H2,1-2H3,(H,36,37)(H,38,39)/b13-11-,17-12-,27-23-. The molecule has 0 aliphatic heterocycles. The molecule has 0 spiro atoms. The molecule has 41 heavy (non-hydrogen) atoms. The van der Waals surface area contributed by atoms with Gasteiger partial charge < -0.3 is 15.2 Å². The third-order valence-corrected chi connectivity index (χ3v) is 7.02. The number of aliphatic carboxylic acids is 1. The highest BCUT2D eigenvalue weighted by Crippen LogP contribution is 2.14. The first-order valence-electron chi connectivity index (χ1n) is 16.6. The van der Waals surface area contributed by atoms with E-state index in [0.29, 0.717) is 12.8 Å². The second-order valence-electron chi connectivity index (χ2n) is 11.1. The van der Waals surface area contributed by atoms with Gasteiger partial charge in [0, 0.05) is 12.8 Å². The van der Waals surface area contributed by atoms with Crippen LogP contribution in [0, 0.1) is 0 Å². The van der Waals surface area contributed by atoms with Crippen molar-refractivity contribution in [3.05, 3.63) is 36.5 Å². The summed E-state index contributed by atoms with van der Waals surface area (Å²) in [6.45, 7) is 4.12. The van der Waals surface area contributed by atoms with Crippen LogP contribution in [0.25, 0.3) is 0 Å². The summed E-state index contributed by atoms with van der Waals surface area (Å²) < 4.78 is 5.83. The first-order chi connectivity index (χ1) is 20.0. The number of hydrogen-bond acceptors (Lipinski definition) is 4. The molecule has 0 aromatic carbocycles. The number of hydrogen-bond donors (Lipinski definition) is 2. The molecule has 6 heteroatoms. The fraction of sp³-hybridized carbons (Fsp3) is 0.743. The highest BCUT2D eigenvalue weighted by Gasteiger charge is 2.11. The molecule has 0 saturated heterocycles. The number of allylic oxidation sites excluding steroid dienone is 5. The lowest BCUT2D eigenvalue weighted by Crippen LogP contribution is -2.28. The van der Waals surface area contributed by atoms with Crippen molar-refractivity contribution in [3.63, 3.8) is 0 Å². The van der Waals surface area contributed by atoms with Crippen LogP contribution >= 0.6 is 0 Å². The van der Waals surface area contributed by atoms with Crippen LogP contribution in [0.15, 0.2) is 36.5 Å². The van der Waals surface area contributed by atoms with E-state index in [1.807, 2.05) is 6.08 Å². The maximum atomic E-state index is 12.5. The van der Waals surface area contributed by atoms with E-state index >= 15 is 0 Å². The van der Waals surface area contributed by atoms with Gasteiger partial charge in [0.2, 0.25) is 5.91 Å². The van der Waals surface area contributed by atoms with Gasteiger partial charge in [0.25, 0.3) is 0 Å². The number of rotatable bonds is 29. The Kier molecular flexibility index (Phi) is 28.8. The van der Waals surface area contributed by atoms with Crippen LogP contribution in [0.3, 0.4) is 0 Å². The molecule has 1 atom stereocenters. The summed E-state index contributed by atoms with van der Waals surface area (Å²) >= 11 is 0. The molecule has 2 N–H and O–H groups in total. The van der Waals surface area contributed by atoms with Crippen molar-refractivity contribution in [1.29, 1.82) is 0 Å². The summed E-state index contributed by atoms with van der Waals surface area (Å²) in [6, 6.07) is 0. The maximum Gasteiger partial charge on any atom is 0.322 e. The van der Waals surface area contributed by atoms with Gasteiger partial charge in [-0.15, -0.1) is 0 Å². The third kappa shape index (κ3) is 30.4. The molecule has 1 unspecified atom stereocenters. The molecule has 0 saturated carbocycles. The van der Waals surface area contributed by atoms with Crippen LogP contribution in [0.5, 0.6) is 0 Å². The van der Waals surface area contributed by atoms with Crippen molar-refractivity contribution in [1.82, 2.24) is 5.32 Å². The van der Waals surface area contributed by atoms with Gasteiger partial charge in [-0.2, -0.15) is 0 Å². The topological polar surface area (TPSA) is 92.7 Å². The van der Waals surface area contributed by atoms with Gasteiger partial charge in [-0.05, 0) is 76.7 Å². The van der Waals surface area contributed by atoms with Crippen molar-refractivity contribution in [2.45, 2.75) is 161 Å². The van der Waals surface area contributed by atoms with E-state index in [0.717, 1.165) is 64.2 Å². The molecule has 236 valence electrons. The summed E-state index contributed by atoms with van der Waals surface area (Å²) in [7, 11) is 0. The molecular weight excluding hydrogens is 514 g/mol. The van der Waals surface area contributed by atoms with Crippen molar-refractivity contribution in [3.8, 4) is 0 Å². The minimum atomic E-state index is -1.03. The Balaban J connectivity index is 4.27. The zero-order valence-corrected chi connectivity index (χ0v) is 26.4. The fourth-order valence-electron chi connectivity index (χ4n) is 4.51. The average Bonchev–Trinajstić information content (AvgIpc) is 2.95. The Morgan fingerprint density at radius 2 is 1.20 bits per heavy atom. The zero-order chi connectivity index (χ0) is 30.2. The van der Waals surface area contributed by atoms with Crippen molar-refractivity contribution >= 4 is 17.8 Å². The average molecular weight is 576 g/mol. The van der Waals surface area contributed by atoms with Crippen LogP contribution in [0.2, 0.25) is 0 Å². The Morgan fingerprint density at radius 3 is 1.83 bits per heavy atom. The second-order valence-corrected chi connectivity index (χ2v) is 11.1. The van der Waals surface area contributed by atoms with E-state index in [2.05, 4.69) is 49.5 Å². The highest BCUT2D eigenvalue weighted by molar-refractivity contribution is 5.80. The van der Waals surface area contributed by atoms with E-state index in [1.165, 1.54) is 64.2 Å². The quantitative estimate of drug-likeness (QED) is 0.0526. The Hall–Kier alpha value is -2.37. The molecule has 0 aromatic rings.